The summed E-state index contributed by atoms with van der Waals surface area (Å²) in [4.78, 5) is 25.2. The van der Waals surface area contributed by atoms with Crippen molar-refractivity contribution in [2.75, 3.05) is 31.6 Å². The van der Waals surface area contributed by atoms with E-state index < -0.39 is 11.8 Å². The van der Waals surface area contributed by atoms with Gasteiger partial charge in [0, 0.05) is 29.5 Å². The van der Waals surface area contributed by atoms with Crippen LogP contribution in [0.2, 0.25) is 0 Å². The van der Waals surface area contributed by atoms with Crippen LogP contribution in [0.4, 0.5) is 5.69 Å². The summed E-state index contributed by atoms with van der Waals surface area (Å²) in [6, 6.07) is 9.86. The predicted molar refractivity (Wildman–Crippen MR) is 85.0 cm³/mol. The van der Waals surface area contributed by atoms with Gasteiger partial charge in [0.15, 0.2) is 0 Å². The summed E-state index contributed by atoms with van der Waals surface area (Å²) >= 11 is 0. The summed E-state index contributed by atoms with van der Waals surface area (Å²) in [6.07, 6.45) is 0. The molecular formula is C16H18N2O5. The maximum Gasteiger partial charge on any atom is 0.313 e. The van der Waals surface area contributed by atoms with E-state index in [1.807, 2.05) is 0 Å². The fraction of sp³-hybridized carbons (Fsp3) is 0.250. The summed E-state index contributed by atoms with van der Waals surface area (Å²) in [5.74, 6) is -1.64. The average molecular weight is 318 g/mol. The lowest BCUT2D eigenvalue weighted by molar-refractivity contribution is -0.143. The molecule has 122 valence electrons. The zero-order chi connectivity index (χ0) is 16.8. The number of carbonyl (C=O) groups excluding carboxylic acids is 2. The van der Waals surface area contributed by atoms with E-state index in [0.717, 1.165) is 4.90 Å². The molecule has 0 aromatic heterocycles. The maximum atomic E-state index is 12.1. The van der Waals surface area contributed by atoms with Crippen molar-refractivity contribution in [3.05, 3.63) is 36.4 Å². The van der Waals surface area contributed by atoms with Crippen molar-refractivity contribution >= 4 is 28.3 Å². The molecule has 0 aliphatic heterocycles. The molecule has 2 aromatic carbocycles. The van der Waals surface area contributed by atoms with Crippen LogP contribution < -0.4 is 5.32 Å². The zero-order valence-electron chi connectivity index (χ0n) is 12.4. The fourth-order valence-electron chi connectivity index (χ4n) is 2.28. The minimum absolute atomic E-state index is 0.0386. The van der Waals surface area contributed by atoms with Gasteiger partial charge in [0.1, 0.15) is 5.75 Å². The van der Waals surface area contributed by atoms with Crippen LogP contribution in [0.1, 0.15) is 0 Å². The second-order valence-electron chi connectivity index (χ2n) is 4.87. The van der Waals surface area contributed by atoms with Crippen LogP contribution >= 0.6 is 0 Å². The van der Waals surface area contributed by atoms with E-state index in [0.29, 0.717) is 16.5 Å². The van der Waals surface area contributed by atoms with E-state index in [2.05, 4.69) is 5.32 Å². The van der Waals surface area contributed by atoms with E-state index >= 15 is 0 Å². The molecule has 0 saturated carbocycles. The fourth-order valence-corrected chi connectivity index (χ4v) is 2.28. The molecule has 7 nitrogen and oxygen atoms in total. The summed E-state index contributed by atoms with van der Waals surface area (Å²) in [7, 11) is 0. The first-order chi connectivity index (χ1) is 11.1. The van der Waals surface area contributed by atoms with E-state index in [1.165, 1.54) is 6.07 Å². The largest absolute Gasteiger partial charge is 0.507 e. The monoisotopic (exact) mass is 318 g/mol. The molecule has 2 amide bonds. The number of nitrogens with zero attached hydrogens (tertiary/aromatic N) is 1. The Bertz CT molecular complexity index is 711. The van der Waals surface area contributed by atoms with Crippen molar-refractivity contribution in [2.45, 2.75) is 0 Å². The van der Waals surface area contributed by atoms with Gasteiger partial charge in [-0.3, -0.25) is 9.59 Å². The molecule has 0 aliphatic carbocycles. The van der Waals surface area contributed by atoms with Gasteiger partial charge in [-0.1, -0.05) is 24.3 Å². The smallest absolute Gasteiger partial charge is 0.313 e. The number of rotatable bonds is 5. The van der Waals surface area contributed by atoms with Gasteiger partial charge >= 0.3 is 11.8 Å². The summed E-state index contributed by atoms with van der Waals surface area (Å²) < 4.78 is 0. The highest BCUT2D eigenvalue weighted by atomic mass is 16.3. The van der Waals surface area contributed by atoms with Crippen molar-refractivity contribution in [1.29, 1.82) is 0 Å². The molecule has 2 rings (SSSR count). The lowest BCUT2D eigenvalue weighted by Crippen LogP contribution is -2.42. The molecule has 0 atom stereocenters. The van der Waals surface area contributed by atoms with Crippen molar-refractivity contribution in [1.82, 2.24) is 4.90 Å². The normalized spacial score (nSPS) is 10.5. The molecule has 0 heterocycles. The molecule has 0 saturated heterocycles. The number of hydrogen-bond donors (Lipinski definition) is 4. The Morgan fingerprint density at radius 1 is 0.957 bits per heavy atom. The number of fused-ring (bicyclic) bond motifs is 1. The highest BCUT2D eigenvalue weighted by Crippen LogP contribution is 2.29. The Morgan fingerprint density at radius 3 is 2.22 bits per heavy atom. The molecular weight excluding hydrogens is 300 g/mol. The first-order valence-electron chi connectivity index (χ1n) is 7.11. The maximum absolute atomic E-state index is 12.1. The number of anilines is 1. The van der Waals surface area contributed by atoms with Crippen molar-refractivity contribution in [3.63, 3.8) is 0 Å². The van der Waals surface area contributed by atoms with E-state index in [-0.39, 0.29) is 32.1 Å². The Hall–Kier alpha value is -2.64. The first kappa shape index (κ1) is 16.7. The molecule has 0 spiro atoms. The molecule has 23 heavy (non-hydrogen) atoms. The second kappa shape index (κ2) is 7.57. The van der Waals surface area contributed by atoms with Crippen LogP contribution in [0.15, 0.2) is 36.4 Å². The number of phenolic OH excluding ortho intramolecular Hbond substituents is 1. The van der Waals surface area contributed by atoms with Crippen LogP contribution in [0.3, 0.4) is 0 Å². The predicted octanol–water partition coefficient (Wildman–Crippen LogP) is 0.297. The van der Waals surface area contributed by atoms with E-state index in [1.54, 1.807) is 30.3 Å². The Balaban J connectivity index is 2.23. The number of phenols is 1. The van der Waals surface area contributed by atoms with Crippen molar-refractivity contribution < 1.29 is 24.9 Å². The highest BCUT2D eigenvalue weighted by molar-refractivity contribution is 6.40. The molecule has 4 N–H and O–H groups in total. The molecule has 0 radical (unpaired) electrons. The Morgan fingerprint density at radius 2 is 1.57 bits per heavy atom. The number of aromatic hydroxyl groups is 1. The van der Waals surface area contributed by atoms with Gasteiger partial charge in [-0.05, 0) is 12.1 Å². The number of carbonyl (C=O) groups is 2. The van der Waals surface area contributed by atoms with Crippen LogP contribution in [-0.4, -0.2) is 58.3 Å². The van der Waals surface area contributed by atoms with Crippen LogP contribution in [0.5, 0.6) is 5.75 Å². The van der Waals surface area contributed by atoms with Gasteiger partial charge in [-0.25, -0.2) is 0 Å². The van der Waals surface area contributed by atoms with Crippen LogP contribution in [0, 0.1) is 0 Å². The number of hydrogen-bond acceptors (Lipinski definition) is 5. The summed E-state index contributed by atoms with van der Waals surface area (Å²) in [6.45, 7) is -0.686. The zero-order valence-corrected chi connectivity index (χ0v) is 12.4. The van der Waals surface area contributed by atoms with Gasteiger partial charge in [-0.15, -0.1) is 0 Å². The number of aliphatic hydroxyl groups is 2. The number of aliphatic hydroxyl groups excluding tert-OH is 2. The summed E-state index contributed by atoms with van der Waals surface area (Å²) in [5.41, 5.74) is 0.393. The Kier molecular flexibility index (Phi) is 5.51. The standard InChI is InChI=1S/C16H18N2O5/c19-9-7-18(8-10-20)16(23)15(22)17-13-5-1-4-12-11(13)3-2-6-14(12)21/h1-6,19-21H,7-10H2,(H,17,22). The third-order valence-corrected chi connectivity index (χ3v) is 3.37. The van der Waals surface area contributed by atoms with Crippen molar-refractivity contribution in [2.24, 2.45) is 0 Å². The van der Waals surface area contributed by atoms with Crippen LogP contribution in [0.25, 0.3) is 10.8 Å². The van der Waals surface area contributed by atoms with Gasteiger partial charge < -0.3 is 25.5 Å². The number of benzene rings is 2. The first-order valence-corrected chi connectivity index (χ1v) is 7.11. The van der Waals surface area contributed by atoms with E-state index in [9.17, 15) is 14.7 Å². The molecule has 7 heteroatoms. The lowest BCUT2D eigenvalue weighted by atomic mass is 10.1. The molecule has 2 aromatic rings. The highest BCUT2D eigenvalue weighted by Gasteiger charge is 2.21. The lowest BCUT2D eigenvalue weighted by Gasteiger charge is -2.20. The minimum atomic E-state index is -0.872. The molecule has 0 aliphatic rings. The van der Waals surface area contributed by atoms with Gasteiger partial charge in [0.2, 0.25) is 0 Å². The number of nitrogens with one attached hydrogen (secondary N) is 1. The number of amides is 2. The quantitative estimate of drug-likeness (QED) is 0.593. The van der Waals surface area contributed by atoms with Crippen molar-refractivity contribution in [3.8, 4) is 5.75 Å². The molecule has 0 fully saturated rings. The third kappa shape index (κ3) is 3.77. The van der Waals surface area contributed by atoms with Gasteiger partial charge in [-0.2, -0.15) is 0 Å². The van der Waals surface area contributed by atoms with Crippen LogP contribution in [-0.2, 0) is 9.59 Å². The minimum Gasteiger partial charge on any atom is -0.507 e. The third-order valence-electron chi connectivity index (χ3n) is 3.37. The average Bonchev–Trinajstić information content (AvgIpc) is 2.55. The second-order valence-corrected chi connectivity index (χ2v) is 4.87. The van der Waals surface area contributed by atoms with Gasteiger partial charge in [0.25, 0.3) is 0 Å². The molecule has 0 bridgehead atoms. The molecule has 0 unspecified atom stereocenters. The topological polar surface area (TPSA) is 110 Å². The SMILES string of the molecule is O=C(Nc1cccc2c(O)cccc12)C(=O)N(CCO)CCO. The van der Waals surface area contributed by atoms with E-state index in [4.69, 9.17) is 10.2 Å². The Labute approximate surface area is 132 Å². The summed E-state index contributed by atoms with van der Waals surface area (Å²) in [5, 5.41) is 31.3. The van der Waals surface area contributed by atoms with Gasteiger partial charge in [0.05, 0.1) is 13.2 Å².